The molecule has 0 bridgehead atoms. The normalized spacial score (nSPS) is 13.8. The first-order valence-corrected chi connectivity index (χ1v) is 9.63. The Balaban J connectivity index is 1.92. The minimum atomic E-state index is -0.578. The molecule has 0 unspecified atom stereocenters. The van der Waals surface area contributed by atoms with Gasteiger partial charge in [-0.05, 0) is 57.2 Å². The topological polar surface area (TPSA) is 92.3 Å². The van der Waals surface area contributed by atoms with Crippen LogP contribution >= 0.6 is 11.3 Å². The van der Waals surface area contributed by atoms with Crippen molar-refractivity contribution < 1.29 is 18.7 Å². The molecule has 6 nitrogen and oxygen atoms in total. The molecular formula is C20H20N2O4S. The number of esters is 1. The summed E-state index contributed by atoms with van der Waals surface area (Å²) in [5, 5.41) is 12.5. The molecule has 3 rings (SSSR count). The number of rotatable bonds is 5. The highest BCUT2D eigenvalue weighted by Crippen LogP contribution is 2.39. The Morgan fingerprint density at radius 2 is 2.15 bits per heavy atom. The fraction of sp³-hybridized carbons (Fsp3) is 0.350. The van der Waals surface area contributed by atoms with Crippen molar-refractivity contribution >= 4 is 34.3 Å². The summed E-state index contributed by atoms with van der Waals surface area (Å²) in [4.78, 5) is 26.3. The van der Waals surface area contributed by atoms with E-state index in [1.165, 1.54) is 23.7 Å². The van der Waals surface area contributed by atoms with Crippen molar-refractivity contribution in [3.05, 3.63) is 45.7 Å². The number of thiophene rings is 1. The van der Waals surface area contributed by atoms with Gasteiger partial charge in [-0.15, -0.1) is 11.3 Å². The summed E-state index contributed by atoms with van der Waals surface area (Å²) in [6, 6.07) is 5.21. The number of ether oxygens (including phenoxy) is 1. The Labute approximate surface area is 161 Å². The van der Waals surface area contributed by atoms with Gasteiger partial charge in [0.1, 0.15) is 22.4 Å². The lowest BCUT2D eigenvalue weighted by atomic mass is 9.95. The van der Waals surface area contributed by atoms with Crippen LogP contribution in [0.3, 0.4) is 0 Å². The average molecular weight is 384 g/mol. The number of carbonyl (C=O) groups excluding carboxylic acids is 2. The standard InChI is InChI=1S/C20H20N2O4S/c1-12(2)26-20(24)17-15-7-3-4-8-16(15)27-19(17)22-18(23)13(11-21)10-14-6-5-9-25-14/h5-6,9-10,12H,3-4,7-8H2,1-2H3,(H,22,23)/b13-10+. The maximum atomic E-state index is 12.6. The third-order valence-corrected chi connectivity index (χ3v) is 5.35. The summed E-state index contributed by atoms with van der Waals surface area (Å²) < 4.78 is 10.5. The molecular weight excluding hydrogens is 364 g/mol. The number of fused-ring (bicyclic) bond motifs is 1. The lowest BCUT2D eigenvalue weighted by Gasteiger charge is -2.14. The third-order valence-electron chi connectivity index (χ3n) is 4.14. The molecule has 7 heteroatoms. The largest absolute Gasteiger partial charge is 0.465 e. The van der Waals surface area contributed by atoms with E-state index < -0.39 is 11.9 Å². The van der Waals surface area contributed by atoms with Crippen molar-refractivity contribution in [1.82, 2.24) is 0 Å². The van der Waals surface area contributed by atoms with Crippen LogP contribution < -0.4 is 5.32 Å². The second-order valence-electron chi connectivity index (χ2n) is 6.51. The molecule has 1 aliphatic rings. The van der Waals surface area contributed by atoms with Gasteiger partial charge in [0.15, 0.2) is 0 Å². The van der Waals surface area contributed by atoms with Crippen LogP contribution in [0.5, 0.6) is 0 Å². The van der Waals surface area contributed by atoms with Gasteiger partial charge in [-0.25, -0.2) is 4.79 Å². The zero-order chi connectivity index (χ0) is 19.4. The first-order valence-electron chi connectivity index (χ1n) is 8.81. The van der Waals surface area contributed by atoms with E-state index in [2.05, 4.69) is 5.32 Å². The quantitative estimate of drug-likeness (QED) is 0.470. The van der Waals surface area contributed by atoms with Crippen LogP contribution in [0.2, 0.25) is 0 Å². The minimum Gasteiger partial charge on any atom is -0.465 e. The fourth-order valence-corrected chi connectivity index (χ4v) is 4.25. The number of hydrogen-bond donors (Lipinski definition) is 1. The molecule has 2 aromatic rings. The maximum absolute atomic E-state index is 12.6. The van der Waals surface area contributed by atoms with Gasteiger partial charge in [0.05, 0.1) is 17.9 Å². The molecule has 1 amide bonds. The van der Waals surface area contributed by atoms with E-state index in [9.17, 15) is 14.9 Å². The number of aryl methyl sites for hydroxylation is 1. The molecule has 140 valence electrons. The summed E-state index contributed by atoms with van der Waals surface area (Å²) in [6.45, 7) is 3.57. The van der Waals surface area contributed by atoms with Crippen molar-refractivity contribution in [3.8, 4) is 6.07 Å². The number of carbonyl (C=O) groups is 2. The van der Waals surface area contributed by atoms with Crippen molar-refractivity contribution in [3.63, 3.8) is 0 Å². The van der Waals surface area contributed by atoms with Gasteiger partial charge in [0.25, 0.3) is 5.91 Å². The van der Waals surface area contributed by atoms with E-state index in [1.807, 2.05) is 6.07 Å². The van der Waals surface area contributed by atoms with E-state index in [4.69, 9.17) is 9.15 Å². The van der Waals surface area contributed by atoms with Crippen molar-refractivity contribution in [2.24, 2.45) is 0 Å². The zero-order valence-corrected chi connectivity index (χ0v) is 16.0. The van der Waals surface area contributed by atoms with Crippen LogP contribution in [0, 0.1) is 11.3 Å². The number of nitrogens with zero attached hydrogens (tertiary/aromatic N) is 1. The summed E-state index contributed by atoms with van der Waals surface area (Å²) in [5.41, 5.74) is 1.28. The predicted octanol–water partition coefficient (Wildman–Crippen LogP) is 4.33. The zero-order valence-electron chi connectivity index (χ0n) is 15.2. The molecule has 27 heavy (non-hydrogen) atoms. The molecule has 0 aromatic carbocycles. The molecule has 1 aliphatic carbocycles. The molecule has 2 aromatic heterocycles. The Hall–Kier alpha value is -2.85. The first-order chi connectivity index (χ1) is 13.0. The summed E-state index contributed by atoms with van der Waals surface area (Å²) >= 11 is 1.39. The molecule has 0 saturated heterocycles. The Morgan fingerprint density at radius 3 is 2.81 bits per heavy atom. The Bertz CT molecular complexity index is 917. The molecule has 0 saturated carbocycles. The average Bonchev–Trinajstić information content (AvgIpc) is 3.25. The lowest BCUT2D eigenvalue weighted by Crippen LogP contribution is -2.18. The van der Waals surface area contributed by atoms with E-state index >= 15 is 0 Å². The monoisotopic (exact) mass is 384 g/mol. The number of furan rings is 1. The predicted molar refractivity (Wildman–Crippen MR) is 102 cm³/mol. The maximum Gasteiger partial charge on any atom is 0.341 e. The molecule has 0 aliphatic heterocycles. The number of anilines is 1. The number of hydrogen-bond acceptors (Lipinski definition) is 6. The highest BCUT2D eigenvalue weighted by Gasteiger charge is 2.28. The summed E-state index contributed by atoms with van der Waals surface area (Å²) in [6.07, 6.45) is 6.31. The Kier molecular flexibility index (Phi) is 5.77. The van der Waals surface area contributed by atoms with Crippen LogP contribution in [-0.4, -0.2) is 18.0 Å². The fourth-order valence-electron chi connectivity index (χ4n) is 2.98. The van der Waals surface area contributed by atoms with Crippen molar-refractivity contribution in [2.75, 3.05) is 5.32 Å². The highest BCUT2D eigenvalue weighted by molar-refractivity contribution is 7.17. The third kappa shape index (κ3) is 4.29. The molecule has 1 N–H and O–H groups in total. The first kappa shape index (κ1) is 18.9. The second kappa shape index (κ2) is 8.23. The molecule has 2 heterocycles. The van der Waals surface area contributed by atoms with Crippen molar-refractivity contribution in [1.29, 1.82) is 5.26 Å². The van der Waals surface area contributed by atoms with Gasteiger partial charge < -0.3 is 14.5 Å². The van der Waals surface area contributed by atoms with Crippen molar-refractivity contribution in [2.45, 2.75) is 45.6 Å². The summed E-state index contributed by atoms with van der Waals surface area (Å²) in [7, 11) is 0. The van der Waals surface area contributed by atoms with Crippen LogP contribution in [-0.2, 0) is 22.4 Å². The van der Waals surface area contributed by atoms with E-state index in [0.717, 1.165) is 36.1 Å². The number of nitriles is 1. The summed E-state index contributed by atoms with van der Waals surface area (Å²) in [5.74, 6) is -0.606. The van der Waals surface area contributed by atoms with Gasteiger partial charge in [-0.3, -0.25) is 4.79 Å². The van der Waals surface area contributed by atoms with E-state index in [-0.39, 0.29) is 11.7 Å². The Morgan fingerprint density at radius 1 is 1.37 bits per heavy atom. The van der Waals surface area contributed by atoms with Gasteiger partial charge in [-0.1, -0.05) is 0 Å². The molecule has 0 radical (unpaired) electrons. The van der Waals surface area contributed by atoms with Crippen LogP contribution in [0.1, 0.15) is 53.2 Å². The van der Waals surface area contributed by atoms with Gasteiger partial charge in [0.2, 0.25) is 0 Å². The molecule has 0 atom stereocenters. The number of nitrogens with one attached hydrogen (secondary N) is 1. The minimum absolute atomic E-state index is 0.0977. The van der Waals surface area contributed by atoms with Gasteiger partial charge in [0, 0.05) is 11.0 Å². The van der Waals surface area contributed by atoms with Crippen LogP contribution in [0.25, 0.3) is 6.08 Å². The van der Waals surface area contributed by atoms with Crippen LogP contribution in [0.15, 0.2) is 28.4 Å². The smallest absolute Gasteiger partial charge is 0.341 e. The second-order valence-corrected chi connectivity index (χ2v) is 7.61. The van der Waals surface area contributed by atoms with E-state index in [1.54, 1.807) is 26.0 Å². The molecule has 0 fully saturated rings. The SMILES string of the molecule is CC(C)OC(=O)c1c(NC(=O)/C(C#N)=C/c2ccco2)sc2c1CCCC2. The number of amides is 1. The van der Waals surface area contributed by atoms with Gasteiger partial charge >= 0.3 is 5.97 Å². The lowest BCUT2D eigenvalue weighted by molar-refractivity contribution is -0.112. The van der Waals surface area contributed by atoms with E-state index in [0.29, 0.717) is 16.3 Å². The van der Waals surface area contributed by atoms with Gasteiger partial charge in [-0.2, -0.15) is 5.26 Å². The highest BCUT2D eigenvalue weighted by atomic mass is 32.1. The van der Waals surface area contributed by atoms with Crippen LogP contribution in [0.4, 0.5) is 5.00 Å². The molecule has 0 spiro atoms.